The van der Waals surface area contributed by atoms with Crippen molar-refractivity contribution in [2.75, 3.05) is 20.4 Å². The number of alkyl carbamates (subject to hydrolysis) is 1. The maximum atomic E-state index is 14.1. The number of hydrogen-bond donors (Lipinski definition) is 2. The van der Waals surface area contributed by atoms with E-state index >= 15 is 0 Å². The zero-order valence-electron chi connectivity index (χ0n) is 28.8. The minimum absolute atomic E-state index is 0.119. The quantitative estimate of drug-likeness (QED) is 0.369. The van der Waals surface area contributed by atoms with E-state index in [0.717, 1.165) is 22.1 Å². The average molecular weight is 676 g/mol. The number of aromatic amines is 1. The van der Waals surface area contributed by atoms with Crippen molar-refractivity contribution < 1.29 is 42.6 Å². The molecule has 260 valence electrons. The number of fused-ring (bicyclic) bond motifs is 3. The lowest BCUT2D eigenvalue weighted by Gasteiger charge is -2.32. The fourth-order valence-electron chi connectivity index (χ4n) is 6.73. The van der Waals surface area contributed by atoms with E-state index in [1.54, 1.807) is 9.80 Å². The SMILES string of the molecule is COC(=O)NC(C(=O)N1C[C@H](OC(=O)N2Cc3cc4c(cc3C2)OCO4)C[C@H]1c1nc2ccc(B3OC(C)(C)C(C)(C)O3)cc2[nH]1)C(C)C. The van der Waals surface area contributed by atoms with Gasteiger partial charge in [0.2, 0.25) is 12.7 Å². The van der Waals surface area contributed by atoms with Crippen molar-refractivity contribution in [3.63, 3.8) is 0 Å². The Morgan fingerprint density at radius 2 is 1.67 bits per heavy atom. The molecule has 3 aromatic rings. The number of carbonyl (C=O) groups excluding carboxylic acids is 3. The van der Waals surface area contributed by atoms with Gasteiger partial charge in [-0.1, -0.05) is 19.9 Å². The second-order valence-electron chi connectivity index (χ2n) is 14.4. The molecule has 7 rings (SSSR count). The van der Waals surface area contributed by atoms with Gasteiger partial charge in [-0.2, -0.15) is 0 Å². The number of methoxy groups -OCH3 is 1. The second kappa shape index (κ2) is 12.1. The summed E-state index contributed by atoms with van der Waals surface area (Å²) in [6.07, 6.45) is -1.51. The molecule has 2 N–H and O–H groups in total. The van der Waals surface area contributed by atoms with Crippen LogP contribution in [-0.4, -0.2) is 88.8 Å². The molecule has 1 unspecified atom stereocenters. The van der Waals surface area contributed by atoms with Crippen molar-refractivity contribution in [1.29, 1.82) is 0 Å². The number of rotatable bonds is 6. The average Bonchev–Trinajstić information content (AvgIpc) is 3.87. The summed E-state index contributed by atoms with van der Waals surface area (Å²) in [7, 11) is 0.700. The molecule has 0 bridgehead atoms. The summed E-state index contributed by atoms with van der Waals surface area (Å²) in [5.74, 6) is 1.29. The van der Waals surface area contributed by atoms with Gasteiger partial charge in [0.15, 0.2) is 11.5 Å². The molecule has 3 amide bonds. The van der Waals surface area contributed by atoms with Gasteiger partial charge >= 0.3 is 19.3 Å². The van der Waals surface area contributed by atoms with Crippen LogP contribution < -0.4 is 20.3 Å². The van der Waals surface area contributed by atoms with Crippen molar-refractivity contribution in [3.8, 4) is 11.5 Å². The lowest BCUT2D eigenvalue weighted by Crippen LogP contribution is -2.51. The Morgan fingerprint density at radius 1 is 1.02 bits per heavy atom. The largest absolute Gasteiger partial charge is 0.494 e. The Labute approximate surface area is 284 Å². The predicted octanol–water partition coefficient (Wildman–Crippen LogP) is 3.77. The van der Waals surface area contributed by atoms with Gasteiger partial charge in [-0.25, -0.2) is 14.6 Å². The molecule has 0 spiro atoms. The van der Waals surface area contributed by atoms with E-state index in [-0.39, 0.29) is 25.2 Å². The highest BCUT2D eigenvalue weighted by Crippen LogP contribution is 2.40. The van der Waals surface area contributed by atoms with Crippen LogP contribution in [0.25, 0.3) is 11.0 Å². The van der Waals surface area contributed by atoms with Crippen LogP contribution in [-0.2, 0) is 36.7 Å². The van der Waals surface area contributed by atoms with Gasteiger partial charge in [-0.3, -0.25) is 9.69 Å². The van der Waals surface area contributed by atoms with Crippen LogP contribution in [0.15, 0.2) is 30.3 Å². The van der Waals surface area contributed by atoms with E-state index in [1.165, 1.54) is 7.11 Å². The van der Waals surface area contributed by atoms with Gasteiger partial charge in [-0.15, -0.1) is 0 Å². The van der Waals surface area contributed by atoms with E-state index in [0.29, 0.717) is 42.4 Å². The number of H-pyrrole nitrogens is 1. The maximum Gasteiger partial charge on any atom is 0.494 e. The third kappa shape index (κ3) is 6.03. The molecule has 0 saturated carbocycles. The summed E-state index contributed by atoms with van der Waals surface area (Å²) in [5, 5.41) is 2.68. The van der Waals surface area contributed by atoms with Gasteiger partial charge in [0.1, 0.15) is 18.0 Å². The number of benzene rings is 2. The van der Waals surface area contributed by atoms with Crippen molar-refractivity contribution >= 4 is 41.7 Å². The van der Waals surface area contributed by atoms with Gasteiger partial charge in [0.25, 0.3) is 0 Å². The standard InChI is InChI=1S/C34H42BN5O9/c1-18(2)28(38-31(42)44-7)30(41)40-16-22(47-32(43)39-14-19-10-26-27(46-17-45-26)11-20(19)15-39)13-25(40)29-36-23-9-8-21(12-24(23)37-29)35-48-33(3,4)34(5,6)49-35/h8-12,18,22,25,28H,13-17H2,1-7H3,(H,36,37)(H,38,42)/t22-,25+,28?/m1/s1. The first-order valence-electron chi connectivity index (χ1n) is 16.6. The van der Waals surface area contributed by atoms with E-state index in [9.17, 15) is 14.4 Å². The summed E-state index contributed by atoms with van der Waals surface area (Å²) in [6.45, 7) is 12.8. The molecule has 15 heteroatoms. The smallest absolute Gasteiger partial charge is 0.454 e. The number of likely N-dealkylation sites (tertiary alicyclic amines) is 1. The number of aromatic nitrogens is 2. The van der Waals surface area contributed by atoms with Crippen LogP contribution in [0.3, 0.4) is 0 Å². The van der Waals surface area contributed by atoms with Gasteiger partial charge in [0.05, 0.1) is 41.9 Å². The van der Waals surface area contributed by atoms with E-state index < -0.39 is 48.7 Å². The molecular formula is C34H42BN5O9. The molecule has 0 radical (unpaired) electrons. The van der Waals surface area contributed by atoms with Crippen LogP contribution >= 0.6 is 0 Å². The highest BCUT2D eigenvalue weighted by atomic mass is 16.7. The first-order chi connectivity index (χ1) is 23.2. The minimum Gasteiger partial charge on any atom is -0.454 e. The lowest BCUT2D eigenvalue weighted by molar-refractivity contribution is -0.135. The van der Waals surface area contributed by atoms with Crippen molar-refractivity contribution in [2.24, 2.45) is 5.92 Å². The molecule has 1 aromatic heterocycles. The molecule has 5 heterocycles. The number of nitrogens with zero attached hydrogens (tertiary/aromatic N) is 3. The fourth-order valence-corrected chi connectivity index (χ4v) is 6.73. The van der Waals surface area contributed by atoms with Gasteiger partial charge < -0.3 is 43.5 Å². The molecule has 4 aliphatic rings. The first kappa shape index (κ1) is 33.0. The van der Waals surface area contributed by atoms with Gasteiger partial charge in [0, 0.05) is 19.5 Å². The Hall–Kier alpha value is -4.50. The van der Waals surface area contributed by atoms with Crippen LogP contribution in [0.5, 0.6) is 11.5 Å². The van der Waals surface area contributed by atoms with E-state index in [1.807, 2.05) is 71.9 Å². The molecule has 49 heavy (non-hydrogen) atoms. The fraction of sp³-hybridized carbons (Fsp3) is 0.529. The molecule has 3 atom stereocenters. The van der Waals surface area contributed by atoms with Crippen molar-refractivity contribution in [2.45, 2.75) is 90.4 Å². The second-order valence-corrected chi connectivity index (χ2v) is 14.4. The zero-order chi connectivity index (χ0) is 34.8. The third-order valence-electron chi connectivity index (χ3n) is 10.2. The molecule has 2 aromatic carbocycles. The molecule has 4 aliphatic heterocycles. The lowest BCUT2D eigenvalue weighted by atomic mass is 9.79. The van der Waals surface area contributed by atoms with Crippen molar-refractivity contribution in [1.82, 2.24) is 25.1 Å². The number of hydrogen-bond acceptors (Lipinski definition) is 10. The van der Waals surface area contributed by atoms with Crippen LogP contribution in [0, 0.1) is 5.92 Å². The monoisotopic (exact) mass is 675 g/mol. The Balaban J connectivity index is 1.13. The zero-order valence-corrected chi connectivity index (χ0v) is 28.8. The Kier molecular flexibility index (Phi) is 8.17. The summed E-state index contributed by atoms with van der Waals surface area (Å²) >= 11 is 0. The molecule has 14 nitrogen and oxygen atoms in total. The summed E-state index contributed by atoms with van der Waals surface area (Å²) in [6, 6.07) is 8.12. The number of amides is 3. The Morgan fingerprint density at radius 3 is 2.29 bits per heavy atom. The Bertz CT molecular complexity index is 1760. The highest BCUT2D eigenvalue weighted by molar-refractivity contribution is 6.62. The molecular weight excluding hydrogens is 633 g/mol. The van der Waals surface area contributed by atoms with Crippen molar-refractivity contribution in [3.05, 3.63) is 47.3 Å². The number of ether oxygens (including phenoxy) is 4. The highest BCUT2D eigenvalue weighted by Gasteiger charge is 2.52. The summed E-state index contributed by atoms with van der Waals surface area (Å²) in [4.78, 5) is 51.3. The first-order valence-corrected chi connectivity index (χ1v) is 16.6. The van der Waals surface area contributed by atoms with E-state index in [4.69, 9.17) is 33.2 Å². The number of nitrogens with one attached hydrogen (secondary N) is 2. The summed E-state index contributed by atoms with van der Waals surface area (Å²) in [5.41, 5.74) is 3.24. The predicted molar refractivity (Wildman–Crippen MR) is 177 cm³/mol. The van der Waals surface area contributed by atoms with Crippen LogP contribution in [0.4, 0.5) is 9.59 Å². The summed E-state index contributed by atoms with van der Waals surface area (Å²) < 4.78 is 34.4. The molecule has 0 aliphatic carbocycles. The maximum absolute atomic E-state index is 14.1. The van der Waals surface area contributed by atoms with Crippen LogP contribution in [0.1, 0.15) is 71.0 Å². The topological polar surface area (TPSA) is 154 Å². The minimum atomic E-state index is -0.872. The van der Waals surface area contributed by atoms with Gasteiger partial charge in [-0.05, 0) is 74.5 Å². The van der Waals surface area contributed by atoms with Crippen LogP contribution in [0.2, 0.25) is 0 Å². The van der Waals surface area contributed by atoms with E-state index in [2.05, 4.69) is 10.3 Å². The number of imidazole rings is 1. The third-order valence-corrected chi connectivity index (χ3v) is 10.2. The normalized spacial score (nSPS) is 22.5. The number of carbonyl (C=O) groups is 3. The molecule has 2 fully saturated rings. The molecule has 2 saturated heterocycles.